The van der Waals surface area contributed by atoms with Crippen molar-refractivity contribution < 1.29 is 24.2 Å². The third-order valence-electron chi connectivity index (χ3n) is 6.35. The smallest absolute Gasteiger partial charge is 0.324 e. The summed E-state index contributed by atoms with van der Waals surface area (Å²) >= 11 is 0. The van der Waals surface area contributed by atoms with Crippen LogP contribution < -0.4 is 14.8 Å². The standard InChI is InChI=1S/C26H33N3O5/c1-20-3-7-23(8-4-20)34-19-26(32)11-14-28(15-12-26)17-21-5-9-22(10-6-21)33-16-2-13-29-18-24(30)27-25(29)31/h3-10,32H,2,11-19H2,1H3,(H,27,30,31). The fourth-order valence-electron chi connectivity index (χ4n) is 4.18. The molecule has 0 atom stereocenters. The Morgan fingerprint density at radius 3 is 2.26 bits per heavy atom. The van der Waals surface area contributed by atoms with Crippen LogP contribution in [-0.4, -0.2) is 71.8 Å². The third-order valence-corrected chi connectivity index (χ3v) is 6.35. The van der Waals surface area contributed by atoms with Gasteiger partial charge in [-0.1, -0.05) is 29.8 Å². The Balaban J connectivity index is 1.14. The van der Waals surface area contributed by atoms with Gasteiger partial charge in [0.25, 0.3) is 0 Å². The van der Waals surface area contributed by atoms with Crippen LogP contribution in [0.15, 0.2) is 48.5 Å². The first kappa shape index (κ1) is 24.0. The Hall–Kier alpha value is -3.10. The molecule has 2 aliphatic heterocycles. The van der Waals surface area contributed by atoms with Crippen LogP contribution in [0, 0.1) is 6.92 Å². The molecular formula is C26H33N3O5. The fourth-order valence-corrected chi connectivity index (χ4v) is 4.18. The number of imide groups is 1. The predicted octanol–water partition coefficient (Wildman–Crippen LogP) is 2.72. The highest BCUT2D eigenvalue weighted by molar-refractivity contribution is 6.01. The van der Waals surface area contributed by atoms with E-state index in [1.54, 1.807) is 0 Å². The normalized spacial score (nSPS) is 18.1. The Kier molecular flexibility index (Phi) is 7.70. The molecule has 0 radical (unpaired) electrons. The summed E-state index contributed by atoms with van der Waals surface area (Å²) in [4.78, 5) is 26.5. The van der Waals surface area contributed by atoms with Gasteiger partial charge in [0, 0.05) is 26.2 Å². The van der Waals surface area contributed by atoms with Crippen LogP contribution >= 0.6 is 0 Å². The Labute approximate surface area is 200 Å². The molecule has 0 spiro atoms. The van der Waals surface area contributed by atoms with Crippen LogP contribution in [0.4, 0.5) is 4.79 Å². The molecule has 0 saturated carbocycles. The number of piperidine rings is 1. The minimum atomic E-state index is -0.790. The molecule has 8 heteroatoms. The monoisotopic (exact) mass is 467 g/mol. The average Bonchev–Trinajstić information content (AvgIpc) is 3.16. The minimum absolute atomic E-state index is 0.126. The van der Waals surface area contributed by atoms with Gasteiger partial charge < -0.3 is 19.5 Å². The van der Waals surface area contributed by atoms with Gasteiger partial charge in [0.15, 0.2) is 0 Å². The molecule has 2 aromatic carbocycles. The summed E-state index contributed by atoms with van der Waals surface area (Å²) in [6, 6.07) is 15.6. The number of benzene rings is 2. The molecule has 2 saturated heterocycles. The maximum absolute atomic E-state index is 11.5. The van der Waals surface area contributed by atoms with Gasteiger partial charge in [-0.3, -0.25) is 15.0 Å². The number of likely N-dealkylation sites (tertiary alicyclic amines) is 1. The van der Waals surface area contributed by atoms with E-state index < -0.39 is 5.60 Å². The van der Waals surface area contributed by atoms with Crippen LogP contribution in [0.3, 0.4) is 0 Å². The van der Waals surface area contributed by atoms with Crippen LogP contribution in [0.2, 0.25) is 0 Å². The molecule has 4 rings (SSSR count). The Bertz CT molecular complexity index is 969. The summed E-state index contributed by atoms with van der Waals surface area (Å²) in [5.74, 6) is 1.32. The lowest BCUT2D eigenvalue weighted by Gasteiger charge is -2.38. The first-order valence-corrected chi connectivity index (χ1v) is 11.8. The second-order valence-electron chi connectivity index (χ2n) is 9.22. The van der Waals surface area contributed by atoms with Crippen LogP contribution in [0.5, 0.6) is 11.5 Å². The van der Waals surface area contributed by atoms with Crippen LogP contribution in [0.25, 0.3) is 0 Å². The Morgan fingerprint density at radius 2 is 1.62 bits per heavy atom. The summed E-state index contributed by atoms with van der Waals surface area (Å²) in [5.41, 5.74) is 1.59. The Morgan fingerprint density at radius 1 is 0.971 bits per heavy atom. The van der Waals surface area contributed by atoms with E-state index in [2.05, 4.69) is 22.3 Å². The van der Waals surface area contributed by atoms with E-state index in [0.29, 0.717) is 39.0 Å². The number of rotatable bonds is 10. The van der Waals surface area contributed by atoms with E-state index in [9.17, 15) is 14.7 Å². The number of hydrogen-bond donors (Lipinski definition) is 2. The van der Waals surface area contributed by atoms with Gasteiger partial charge in [-0.15, -0.1) is 0 Å². The van der Waals surface area contributed by atoms with E-state index >= 15 is 0 Å². The van der Waals surface area contributed by atoms with Gasteiger partial charge in [-0.25, -0.2) is 4.79 Å². The molecular weight excluding hydrogens is 434 g/mol. The number of nitrogens with zero attached hydrogens (tertiary/aromatic N) is 2. The molecule has 2 aromatic rings. The van der Waals surface area contributed by atoms with E-state index in [4.69, 9.17) is 9.47 Å². The van der Waals surface area contributed by atoms with Crippen molar-refractivity contribution in [2.24, 2.45) is 0 Å². The first-order valence-electron chi connectivity index (χ1n) is 11.8. The lowest BCUT2D eigenvalue weighted by molar-refractivity contribution is -0.118. The maximum atomic E-state index is 11.5. The molecule has 182 valence electrons. The fraction of sp³-hybridized carbons (Fsp3) is 0.462. The van der Waals surface area contributed by atoms with Crippen molar-refractivity contribution in [3.63, 3.8) is 0 Å². The summed E-state index contributed by atoms with van der Waals surface area (Å²) in [6.45, 7) is 5.91. The lowest BCUT2D eigenvalue weighted by Crippen LogP contribution is -2.47. The third kappa shape index (κ3) is 6.71. The van der Waals surface area contributed by atoms with Crippen molar-refractivity contribution in [1.29, 1.82) is 0 Å². The number of amides is 3. The molecule has 2 heterocycles. The molecule has 0 unspecified atom stereocenters. The van der Waals surface area contributed by atoms with Gasteiger partial charge in [0.1, 0.15) is 30.3 Å². The molecule has 0 bridgehead atoms. The maximum Gasteiger partial charge on any atom is 0.324 e. The summed E-state index contributed by atoms with van der Waals surface area (Å²) in [6.07, 6.45) is 2.02. The SMILES string of the molecule is Cc1ccc(OCC2(O)CCN(Cc3ccc(OCCCN4CC(=O)NC4=O)cc3)CC2)cc1. The zero-order valence-electron chi connectivity index (χ0n) is 19.7. The largest absolute Gasteiger partial charge is 0.494 e. The molecule has 34 heavy (non-hydrogen) atoms. The van der Waals surface area contributed by atoms with E-state index in [1.165, 1.54) is 16.0 Å². The summed E-state index contributed by atoms with van der Waals surface area (Å²) in [5, 5.41) is 13.2. The van der Waals surface area contributed by atoms with Gasteiger partial charge in [0.2, 0.25) is 5.91 Å². The van der Waals surface area contributed by atoms with Gasteiger partial charge in [0.05, 0.1) is 6.61 Å². The zero-order chi connectivity index (χ0) is 24.0. The van der Waals surface area contributed by atoms with Crippen molar-refractivity contribution in [2.45, 2.75) is 38.3 Å². The quantitative estimate of drug-likeness (QED) is 0.413. The number of aryl methyl sites for hydroxylation is 1. The lowest BCUT2D eigenvalue weighted by atomic mass is 9.92. The second-order valence-corrected chi connectivity index (χ2v) is 9.22. The minimum Gasteiger partial charge on any atom is -0.494 e. The van der Waals surface area contributed by atoms with Crippen molar-refractivity contribution in [2.75, 3.05) is 39.4 Å². The number of urea groups is 1. The molecule has 2 aliphatic rings. The molecule has 8 nitrogen and oxygen atoms in total. The first-order chi connectivity index (χ1) is 16.4. The number of nitrogens with one attached hydrogen (secondary N) is 1. The molecule has 3 amide bonds. The van der Waals surface area contributed by atoms with Gasteiger partial charge in [-0.2, -0.15) is 0 Å². The highest BCUT2D eigenvalue weighted by Gasteiger charge is 2.33. The average molecular weight is 468 g/mol. The topological polar surface area (TPSA) is 91.3 Å². The van der Waals surface area contributed by atoms with Gasteiger partial charge >= 0.3 is 6.03 Å². The highest BCUT2D eigenvalue weighted by Crippen LogP contribution is 2.25. The molecule has 2 fully saturated rings. The number of carbonyl (C=O) groups excluding carboxylic acids is 2. The number of carbonyl (C=O) groups is 2. The van der Waals surface area contributed by atoms with E-state index in [0.717, 1.165) is 31.1 Å². The zero-order valence-corrected chi connectivity index (χ0v) is 19.7. The summed E-state index contributed by atoms with van der Waals surface area (Å²) in [7, 11) is 0. The van der Waals surface area contributed by atoms with Crippen LogP contribution in [-0.2, 0) is 11.3 Å². The number of hydrogen-bond acceptors (Lipinski definition) is 6. The highest BCUT2D eigenvalue weighted by atomic mass is 16.5. The molecule has 2 N–H and O–H groups in total. The van der Waals surface area contributed by atoms with Gasteiger partial charge in [-0.05, 0) is 56.0 Å². The van der Waals surface area contributed by atoms with Crippen LogP contribution in [0.1, 0.15) is 30.4 Å². The van der Waals surface area contributed by atoms with E-state index in [1.807, 2.05) is 43.3 Å². The predicted molar refractivity (Wildman–Crippen MR) is 128 cm³/mol. The van der Waals surface area contributed by atoms with Crippen molar-refractivity contribution in [3.05, 3.63) is 59.7 Å². The second kappa shape index (κ2) is 10.9. The molecule has 0 aromatic heterocycles. The van der Waals surface area contributed by atoms with Crippen molar-refractivity contribution in [3.8, 4) is 11.5 Å². The van der Waals surface area contributed by atoms with E-state index in [-0.39, 0.29) is 18.5 Å². The van der Waals surface area contributed by atoms with Crippen molar-refractivity contribution in [1.82, 2.24) is 15.1 Å². The van der Waals surface area contributed by atoms with Crippen molar-refractivity contribution >= 4 is 11.9 Å². The summed E-state index contributed by atoms with van der Waals surface area (Å²) < 4.78 is 11.6. The molecule has 0 aliphatic carbocycles. The number of ether oxygens (including phenoxy) is 2. The number of aliphatic hydroxyl groups is 1.